The number of rotatable bonds is 6. The molecule has 1 N–H and O–H groups in total. The molecule has 0 aliphatic rings. The van der Waals surface area contributed by atoms with E-state index in [-0.39, 0.29) is 16.0 Å². The Labute approximate surface area is 140 Å². The first-order valence-corrected chi connectivity index (χ1v) is 8.78. The summed E-state index contributed by atoms with van der Waals surface area (Å²) in [6.07, 6.45) is 0.481. The molecule has 0 saturated heterocycles. The van der Waals surface area contributed by atoms with Crippen LogP contribution >= 0.6 is 11.6 Å². The molecule has 1 atom stereocenters. The van der Waals surface area contributed by atoms with Crippen LogP contribution in [0.5, 0.6) is 5.75 Å². The maximum atomic E-state index is 13.0. The first kappa shape index (κ1) is 17.7. The van der Waals surface area contributed by atoms with Gasteiger partial charge in [-0.05, 0) is 49.2 Å². The van der Waals surface area contributed by atoms with Crippen molar-refractivity contribution in [3.05, 3.63) is 58.9 Å². The van der Waals surface area contributed by atoms with E-state index >= 15 is 0 Å². The van der Waals surface area contributed by atoms with Crippen LogP contribution in [-0.2, 0) is 16.4 Å². The first-order valence-electron chi connectivity index (χ1n) is 6.92. The maximum Gasteiger partial charge on any atom is 0.242 e. The van der Waals surface area contributed by atoms with Gasteiger partial charge in [-0.3, -0.25) is 0 Å². The fourth-order valence-electron chi connectivity index (χ4n) is 2.22. The molecular weight excluding hydrogens is 341 g/mol. The van der Waals surface area contributed by atoms with Crippen LogP contribution in [0.2, 0.25) is 5.02 Å². The van der Waals surface area contributed by atoms with Gasteiger partial charge in [0.25, 0.3) is 0 Å². The summed E-state index contributed by atoms with van der Waals surface area (Å²) in [6.45, 7) is 1.74. The lowest BCUT2D eigenvalue weighted by atomic mass is 10.1. The number of hydrogen-bond donors (Lipinski definition) is 1. The Balaban J connectivity index is 2.13. The average Bonchev–Trinajstić information content (AvgIpc) is 2.46. The van der Waals surface area contributed by atoms with Crippen molar-refractivity contribution in [2.45, 2.75) is 24.3 Å². The molecule has 0 aromatic heterocycles. The van der Waals surface area contributed by atoms with Gasteiger partial charge in [0.2, 0.25) is 10.0 Å². The van der Waals surface area contributed by atoms with Gasteiger partial charge in [-0.15, -0.1) is 0 Å². The highest BCUT2D eigenvalue weighted by molar-refractivity contribution is 7.89. The highest BCUT2D eigenvalue weighted by atomic mass is 35.5. The van der Waals surface area contributed by atoms with Crippen LogP contribution in [-0.4, -0.2) is 21.6 Å². The molecule has 4 nitrogen and oxygen atoms in total. The van der Waals surface area contributed by atoms with E-state index in [2.05, 4.69) is 4.72 Å². The number of hydrogen-bond acceptors (Lipinski definition) is 3. The zero-order chi connectivity index (χ0) is 17.0. The van der Waals surface area contributed by atoms with Gasteiger partial charge in [0.1, 0.15) is 16.5 Å². The minimum atomic E-state index is -3.82. The normalized spacial score (nSPS) is 12.9. The van der Waals surface area contributed by atoms with Crippen molar-refractivity contribution in [1.82, 2.24) is 4.72 Å². The minimum absolute atomic E-state index is 0.141. The van der Waals surface area contributed by atoms with Crippen molar-refractivity contribution in [1.29, 1.82) is 0 Å². The van der Waals surface area contributed by atoms with E-state index in [1.54, 1.807) is 14.0 Å². The molecule has 0 fully saturated rings. The van der Waals surface area contributed by atoms with Crippen LogP contribution in [0, 0.1) is 5.82 Å². The molecule has 1 unspecified atom stereocenters. The Bertz CT molecular complexity index is 796. The highest BCUT2D eigenvalue weighted by Crippen LogP contribution is 2.22. The van der Waals surface area contributed by atoms with Gasteiger partial charge in [-0.25, -0.2) is 17.5 Å². The maximum absolute atomic E-state index is 13.0. The second kappa shape index (κ2) is 7.29. The van der Waals surface area contributed by atoms with Gasteiger partial charge >= 0.3 is 0 Å². The van der Waals surface area contributed by atoms with E-state index < -0.39 is 15.8 Å². The van der Waals surface area contributed by atoms with Gasteiger partial charge in [-0.2, -0.15) is 0 Å². The molecule has 0 aliphatic heterocycles. The van der Waals surface area contributed by atoms with Crippen LogP contribution < -0.4 is 9.46 Å². The third kappa shape index (κ3) is 4.67. The SMILES string of the molecule is COc1cccc(CC(C)NS(=O)(=O)c2ccc(F)cc2Cl)c1. The molecular formula is C16H17ClFNO3S. The summed E-state index contributed by atoms with van der Waals surface area (Å²) < 4.78 is 45.4. The lowest BCUT2D eigenvalue weighted by Gasteiger charge is -2.15. The molecule has 0 bridgehead atoms. The number of sulfonamides is 1. The molecule has 0 amide bonds. The largest absolute Gasteiger partial charge is 0.497 e. The summed E-state index contributed by atoms with van der Waals surface area (Å²) in [5, 5.41) is -0.147. The van der Waals surface area contributed by atoms with Gasteiger partial charge in [-0.1, -0.05) is 23.7 Å². The second-order valence-corrected chi connectivity index (χ2v) is 7.24. The molecule has 7 heteroatoms. The van der Waals surface area contributed by atoms with Crippen LogP contribution in [0.15, 0.2) is 47.4 Å². The number of halogens is 2. The zero-order valence-corrected chi connectivity index (χ0v) is 14.3. The van der Waals surface area contributed by atoms with Crippen LogP contribution in [0.25, 0.3) is 0 Å². The summed E-state index contributed by atoms with van der Waals surface area (Å²) in [5.74, 6) is 0.123. The summed E-state index contributed by atoms with van der Waals surface area (Å²) in [7, 11) is -2.25. The van der Waals surface area contributed by atoms with Crippen molar-refractivity contribution in [2.24, 2.45) is 0 Å². The molecule has 0 aliphatic carbocycles. The van der Waals surface area contributed by atoms with Crippen molar-refractivity contribution in [2.75, 3.05) is 7.11 Å². The lowest BCUT2D eigenvalue weighted by Crippen LogP contribution is -2.34. The third-order valence-corrected chi connectivity index (χ3v) is 5.29. The number of benzene rings is 2. The average molecular weight is 358 g/mol. The van der Waals surface area contributed by atoms with Gasteiger partial charge in [0.15, 0.2) is 0 Å². The summed E-state index contributed by atoms with van der Waals surface area (Å²) >= 11 is 5.82. The molecule has 0 spiro atoms. The molecule has 2 rings (SSSR count). The number of ether oxygens (including phenoxy) is 1. The van der Waals surface area contributed by atoms with Crippen LogP contribution in [0.1, 0.15) is 12.5 Å². The van der Waals surface area contributed by atoms with Gasteiger partial charge in [0, 0.05) is 6.04 Å². The van der Waals surface area contributed by atoms with Crippen molar-refractivity contribution >= 4 is 21.6 Å². The Morgan fingerprint density at radius 2 is 2.00 bits per heavy atom. The molecule has 0 saturated carbocycles. The van der Waals surface area contributed by atoms with Crippen molar-refractivity contribution < 1.29 is 17.5 Å². The van der Waals surface area contributed by atoms with E-state index in [1.807, 2.05) is 24.3 Å². The van der Waals surface area contributed by atoms with E-state index in [0.29, 0.717) is 12.2 Å². The first-order chi connectivity index (χ1) is 10.8. The van der Waals surface area contributed by atoms with Crippen LogP contribution in [0.4, 0.5) is 4.39 Å². The van der Waals surface area contributed by atoms with Crippen LogP contribution in [0.3, 0.4) is 0 Å². The predicted octanol–water partition coefficient (Wildman–Crippen LogP) is 3.40. The Hall–Kier alpha value is -1.63. The minimum Gasteiger partial charge on any atom is -0.497 e. The van der Waals surface area contributed by atoms with E-state index in [4.69, 9.17) is 16.3 Å². The number of methoxy groups -OCH3 is 1. The second-order valence-electron chi connectivity index (χ2n) is 5.15. The smallest absolute Gasteiger partial charge is 0.242 e. The lowest BCUT2D eigenvalue weighted by molar-refractivity contribution is 0.414. The van der Waals surface area contributed by atoms with E-state index in [1.165, 1.54) is 0 Å². The quantitative estimate of drug-likeness (QED) is 0.862. The van der Waals surface area contributed by atoms with E-state index in [0.717, 1.165) is 23.8 Å². The highest BCUT2D eigenvalue weighted by Gasteiger charge is 2.21. The summed E-state index contributed by atoms with van der Waals surface area (Å²) in [6, 6.07) is 10.2. The molecule has 2 aromatic rings. The predicted molar refractivity (Wildman–Crippen MR) is 87.9 cm³/mol. The molecule has 0 heterocycles. The molecule has 124 valence electrons. The molecule has 0 radical (unpaired) electrons. The molecule has 2 aromatic carbocycles. The Morgan fingerprint density at radius 1 is 1.26 bits per heavy atom. The monoisotopic (exact) mass is 357 g/mol. The van der Waals surface area contributed by atoms with Crippen molar-refractivity contribution in [3.8, 4) is 5.75 Å². The summed E-state index contributed by atoms with van der Waals surface area (Å²) in [5.41, 5.74) is 0.935. The van der Waals surface area contributed by atoms with E-state index in [9.17, 15) is 12.8 Å². The number of nitrogens with one attached hydrogen (secondary N) is 1. The Morgan fingerprint density at radius 3 is 2.65 bits per heavy atom. The zero-order valence-electron chi connectivity index (χ0n) is 12.7. The van der Waals surface area contributed by atoms with Gasteiger partial charge in [0.05, 0.1) is 12.1 Å². The fraction of sp³-hybridized carbons (Fsp3) is 0.250. The van der Waals surface area contributed by atoms with Gasteiger partial charge < -0.3 is 4.74 Å². The summed E-state index contributed by atoms with van der Waals surface area (Å²) in [4.78, 5) is -0.141. The standard InChI is InChI=1S/C16H17ClFNO3S/c1-11(8-12-4-3-5-14(9-12)22-2)19-23(20,21)16-7-6-13(18)10-15(16)17/h3-7,9-11,19H,8H2,1-2H3. The van der Waals surface area contributed by atoms with Crippen molar-refractivity contribution in [3.63, 3.8) is 0 Å². The molecule has 23 heavy (non-hydrogen) atoms. The third-order valence-electron chi connectivity index (χ3n) is 3.22. The fourth-order valence-corrected chi connectivity index (χ4v) is 3.99. The topological polar surface area (TPSA) is 55.4 Å². The Kier molecular flexibility index (Phi) is 5.62.